The van der Waals surface area contributed by atoms with Crippen LogP contribution in [0.3, 0.4) is 0 Å². The monoisotopic (exact) mass is 642 g/mol. The average Bonchev–Trinajstić information content (AvgIpc) is 3.54. The molecule has 3 heterocycles. The Kier molecular flexibility index (Phi) is 8.61. The number of hydrogen-bond acceptors (Lipinski definition) is 6. The van der Waals surface area contributed by atoms with E-state index in [-0.39, 0.29) is 10.8 Å². The fourth-order valence-electron chi connectivity index (χ4n) is 5.84. The number of piperidine rings is 1. The van der Waals surface area contributed by atoms with Crippen molar-refractivity contribution in [1.29, 1.82) is 0 Å². The minimum atomic E-state index is -3.69. The summed E-state index contributed by atoms with van der Waals surface area (Å²) in [7, 11) is -3.69. The minimum absolute atomic E-state index is 0.163. The summed E-state index contributed by atoms with van der Waals surface area (Å²) in [4.78, 5) is 15.9. The van der Waals surface area contributed by atoms with Gasteiger partial charge >= 0.3 is 0 Å². The Morgan fingerprint density at radius 1 is 0.977 bits per heavy atom. The van der Waals surface area contributed by atoms with Crippen LogP contribution >= 0.6 is 24.0 Å². The summed E-state index contributed by atoms with van der Waals surface area (Å²) >= 11 is 6.88. The number of aryl methyl sites for hydroxylation is 1. The average molecular weight is 643 g/mol. The molecule has 1 amide bonds. The number of rotatable bonds is 7. The van der Waals surface area contributed by atoms with E-state index >= 15 is 0 Å². The Bertz CT molecular complexity index is 1840. The van der Waals surface area contributed by atoms with E-state index in [2.05, 4.69) is 13.8 Å². The van der Waals surface area contributed by atoms with Gasteiger partial charge in [0.2, 0.25) is 10.0 Å². The number of carbonyl (C=O) groups is 1. The Hall–Kier alpha value is -3.57. The van der Waals surface area contributed by atoms with Crippen molar-refractivity contribution < 1.29 is 13.2 Å². The second-order valence-corrected chi connectivity index (χ2v) is 15.4. The van der Waals surface area contributed by atoms with E-state index in [1.165, 1.54) is 11.8 Å². The standard InChI is InChI=1S/C34H34N4O3S3/c1-23-12-14-26(15-13-23)21-37-33(39)31(43-34(37)42)18-28-22-38(29-9-5-4-6-10-29)35-32(28)27-8-7-11-30(17-27)44(40,41)36-19-24(2)16-25(3)20-36/h4-15,17-18,22,24-25H,16,19-21H2,1-3H3/b31-18-. The highest BCUT2D eigenvalue weighted by Gasteiger charge is 2.34. The van der Waals surface area contributed by atoms with Gasteiger partial charge in [0.1, 0.15) is 10.0 Å². The predicted molar refractivity (Wildman–Crippen MR) is 181 cm³/mol. The highest BCUT2D eigenvalue weighted by Crippen LogP contribution is 2.36. The van der Waals surface area contributed by atoms with E-state index < -0.39 is 10.0 Å². The number of carbonyl (C=O) groups excluding carboxylic acids is 1. The van der Waals surface area contributed by atoms with Crippen molar-refractivity contribution in [3.63, 3.8) is 0 Å². The van der Waals surface area contributed by atoms with Crippen LogP contribution in [0.1, 0.15) is 37.0 Å². The zero-order valence-corrected chi connectivity index (χ0v) is 27.3. The molecule has 7 nitrogen and oxygen atoms in total. The molecule has 1 aromatic heterocycles. The zero-order valence-electron chi connectivity index (χ0n) is 24.9. The SMILES string of the molecule is Cc1ccc(CN2C(=O)/C(=C/c3cn(-c4ccccc4)nc3-c3cccc(S(=O)(=O)N4CC(C)CC(C)C4)c3)SC2=S)cc1. The van der Waals surface area contributed by atoms with Crippen LogP contribution < -0.4 is 0 Å². The Balaban J connectivity index is 1.37. The van der Waals surface area contributed by atoms with Gasteiger partial charge in [-0.05, 0) is 61.1 Å². The lowest BCUT2D eigenvalue weighted by molar-refractivity contribution is -0.122. The molecule has 6 rings (SSSR count). The number of para-hydroxylation sites is 1. The smallest absolute Gasteiger partial charge is 0.266 e. The lowest BCUT2D eigenvalue weighted by Gasteiger charge is -2.34. The molecule has 0 radical (unpaired) electrons. The van der Waals surface area contributed by atoms with Gasteiger partial charge in [0.25, 0.3) is 5.91 Å². The van der Waals surface area contributed by atoms with E-state index in [0.29, 0.717) is 57.5 Å². The first-order valence-electron chi connectivity index (χ1n) is 14.6. The maximum atomic E-state index is 13.8. The van der Waals surface area contributed by atoms with Crippen molar-refractivity contribution in [3.8, 4) is 16.9 Å². The van der Waals surface area contributed by atoms with Gasteiger partial charge < -0.3 is 0 Å². The van der Waals surface area contributed by atoms with Crippen molar-refractivity contribution in [3.05, 3.63) is 107 Å². The van der Waals surface area contributed by atoms with Crippen molar-refractivity contribution in [2.75, 3.05) is 13.1 Å². The Morgan fingerprint density at radius 3 is 2.39 bits per heavy atom. The van der Waals surface area contributed by atoms with Gasteiger partial charge in [-0.15, -0.1) is 0 Å². The molecule has 2 saturated heterocycles. The molecule has 2 aliphatic rings. The fraction of sp³-hybridized carbons (Fsp3) is 0.265. The topological polar surface area (TPSA) is 75.5 Å². The third kappa shape index (κ3) is 6.30. The largest absolute Gasteiger partial charge is 0.288 e. The molecule has 226 valence electrons. The number of thiocarbonyl (C=S) groups is 1. The van der Waals surface area contributed by atoms with E-state index in [4.69, 9.17) is 17.3 Å². The number of sulfonamides is 1. The van der Waals surface area contributed by atoms with Gasteiger partial charge in [-0.3, -0.25) is 9.69 Å². The molecule has 0 N–H and O–H groups in total. The van der Waals surface area contributed by atoms with Crippen molar-refractivity contribution in [2.45, 2.75) is 38.6 Å². The molecular weight excluding hydrogens is 609 g/mol. The van der Waals surface area contributed by atoms with Gasteiger partial charge in [-0.1, -0.05) is 98.0 Å². The molecule has 44 heavy (non-hydrogen) atoms. The van der Waals surface area contributed by atoms with Crippen LogP contribution in [0.15, 0.2) is 94.9 Å². The lowest BCUT2D eigenvalue weighted by atomic mass is 9.94. The molecule has 2 fully saturated rings. The summed E-state index contributed by atoms with van der Waals surface area (Å²) < 4.78 is 31.4. The zero-order chi connectivity index (χ0) is 31.0. The van der Waals surface area contributed by atoms with Crippen LogP contribution in [0.5, 0.6) is 0 Å². The second kappa shape index (κ2) is 12.4. The Morgan fingerprint density at radius 2 is 1.68 bits per heavy atom. The maximum absolute atomic E-state index is 13.8. The Labute approximate surface area is 268 Å². The van der Waals surface area contributed by atoms with Crippen LogP contribution in [0.2, 0.25) is 0 Å². The second-order valence-electron chi connectivity index (χ2n) is 11.8. The number of nitrogens with zero attached hydrogens (tertiary/aromatic N) is 4. The van der Waals surface area contributed by atoms with Gasteiger partial charge in [-0.25, -0.2) is 13.1 Å². The number of benzene rings is 3. The van der Waals surface area contributed by atoms with Gasteiger partial charge in [0, 0.05) is 30.4 Å². The normalized spacial score (nSPS) is 20.5. The van der Waals surface area contributed by atoms with E-state index in [1.807, 2.05) is 79.9 Å². The van der Waals surface area contributed by atoms with Gasteiger partial charge in [-0.2, -0.15) is 9.40 Å². The van der Waals surface area contributed by atoms with Crippen LogP contribution in [-0.4, -0.2) is 50.7 Å². The molecule has 0 aliphatic carbocycles. The fourth-order valence-corrected chi connectivity index (χ4v) is 8.81. The summed E-state index contributed by atoms with van der Waals surface area (Å²) in [5.41, 5.74) is 4.93. The molecule has 4 aromatic rings. The highest BCUT2D eigenvalue weighted by molar-refractivity contribution is 8.26. The van der Waals surface area contributed by atoms with Crippen LogP contribution in [-0.2, 0) is 21.4 Å². The third-order valence-corrected chi connectivity index (χ3v) is 11.2. The summed E-state index contributed by atoms with van der Waals surface area (Å²) in [6.07, 6.45) is 4.70. The summed E-state index contributed by atoms with van der Waals surface area (Å²) in [6, 6.07) is 24.7. The number of hydrogen-bond donors (Lipinski definition) is 0. The van der Waals surface area contributed by atoms with Gasteiger partial charge in [0.15, 0.2) is 0 Å². The molecule has 2 unspecified atom stereocenters. The highest BCUT2D eigenvalue weighted by atomic mass is 32.2. The van der Waals surface area contributed by atoms with Crippen molar-refractivity contribution >= 4 is 50.3 Å². The molecule has 0 spiro atoms. The van der Waals surface area contributed by atoms with Crippen LogP contribution in [0.4, 0.5) is 0 Å². The van der Waals surface area contributed by atoms with Crippen molar-refractivity contribution in [2.24, 2.45) is 11.8 Å². The summed E-state index contributed by atoms with van der Waals surface area (Å²) in [6.45, 7) is 7.64. The molecule has 2 atom stereocenters. The first-order chi connectivity index (χ1) is 21.1. The van der Waals surface area contributed by atoms with Crippen LogP contribution in [0, 0.1) is 18.8 Å². The minimum Gasteiger partial charge on any atom is -0.288 e. The third-order valence-electron chi connectivity index (χ3n) is 7.97. The molecule has 3 aromatic carbocycles. The first-order valence-corrected chi connectivity index (χ1v) is 17.3. The number of amides is 1. The predicted octanol–water partition coefficient (Wildman–Crippen LogP) is 6.92. The quantitative estimate of drug-likeness (QED) is 0.161. The molecule has 0 saturated carbocycles. The van der Waals surface area contributed by atoms with E-state index in [9.17, 15) is 13.2 Å². The first kappa shape index (κ1) is 30.5. The van der Waals surface area contributed by atoms with Gasteiger partial charge in [0.05, 0.1) is 22.0 Å². The van der Waals surface area contributed by atoms with Crippen LogP contribution in [0.25, 0.3) is 23.0 Å². The van der Waals surface area contributed by atoms with E-state index in [1.54, 1.807) is 32.1 Å². The number of aromatic nitrogens is 2. The number of thioether (sulfide) groups is 1. The van der Waals surface area contributed by atoms with Crippen molar-refractivity contribution in [1.82, 2.24) is 19.0 Å². The molecular formula is C34H34N4O3S3. The maximum Gasteiger partial charge on any atom is 0.266 e. The molecule has 0 bridgehead atoms. The lowest BCUT2D eigenvalue weighted by Crippen LogP contribution is -2.42. The molecule has 10 heteroatoms. The summed E-state index contributed by atoms with van der Waals surface area (Å²) in [5, 5.41) is 4.89. The van der Waals surface area contributed by atoms with E-state index in [0.717, 1.165) is 23.2 Å². The summed E-state index contributed by atoms with van der Waals surface area (Å²) in [5.74, 6) is 0.438. The molecule has 2 aliphatic heterocycles.